The lowest BCUT2D eigenvalue weighted by Gasteiger charge is -2.25. The molecule has 1 fully saturated rings. The third-order valence-corrected chi connectivity index (χ3v) is 3.59. The molecule has 1 aromatic rings. The average molecular weight is 261 g/mol. The van der Waals surface area contributed by atoms with Gasteiger partial charge in [-0.05, 0) is 43.6 Å². The van der Waals surface area contributed by atoms with Crippen molar-refractivity contribution in [3.05, 3.63) is 29.8 Å². The number of piperidine rings is 1. The molecule has 0 atom stereocenters. The van der Waals surface area contributed by atoms with E-state index < -0.39 is 0 Å². The normalized spacial score (nSPS) is 16.1. The Morgan fingerprint density at radius 3 is 2.84 bits per heavy atom. The zero-order chi connectivity index (χ0) is 13.7. The zero-order valence-corrected chi connectivity index (χ0v) is 11.8. The molecule has 0 aliphatic carbocycles. The monoisotopic (exact) mass is 261 g/mol. The molecule has 4 nitrogen and oxygen atoms in total. The topological polar surface area (TPSA) is 44.4 Å². The van der Waals surface area contributed by atoms with E-state index in [1.807, 2.05) is 13.1 Å². The predicted molar refractivity (Wildman–Crippen MR) is 78.1 cm³/mol. The smallest absolute Gasteiger partial charge is 0.219 e. The summed E-state index contributed by atoms with van der Waals surface area (Å²) in [7, 11) is 1.83. The minimum atomic E-state index is 0.0942. The average Bonchev–Trinajstić information content (AvgIpc) is 2.40. The van der Waals surface area contributed by atoms with Crippen LogP contribution in [0.25, 0.3) is 0 Å². The maximum absolute atomic E-state index is 11.3. The van der Waals surface area contributed by atoms with Crippen molar-refractivity contribution in [1.29, 1.82) is 0 Å². The Bertz CT molecular complexity index is 427. The summed E-state index contributed by atoms with van der Waals surface area (Å²) in [6.07, 6.45) is 2.33. The fourth-order valence-electron chi connectivity index (χ4n) is 2.35. The number of hydrogen-bond acceptors (Lipinski definition) is 3. The van der Waals surface area contributed by atoms with Crippen LogP contribution in [0.1, 0.15) is 25.3 Å². The summed E-state index contributed by atoms with van der Waals surface area (Å²) in [6.45, 7) is 4.43. The first kappa shape index (κ1) is 13.9. The molecule has 1 amide bonds. The number of nitrogens with zero attached hydrogens (tertiary/aromatic N) is 1. The highest BCUT2D eigenvalue weighted by Gasteiger charge is 2.12. The molecule has 0 radical (unpaired) electrons. The van der Waals surface area contributed by atoms with Gasteiger partial charge in [0, 0.05) is 32.2 Å². The van der Waals surface area contributed by atoms with Gasteiger partial charge in [0.25, 0.3) is 0 Å². The minimum absolute atomic E-state index is 0.0942. The Labute approximate surface area is 115 Å². The van der Waals surface area contributed by atoms with Gasteiger partial charge in [-0.15, -0.1) is 0 Å². The van der Waals surface area contributed by atoms with Gasteiger partial charge in [0.05, 0.1) is 0 Å². The number of benzene rings is 1. The van der Waals surface area contributed by atoms with Crippen molar-refractivity contribution in [1.82, 2.24) is 10.2 Å². The van der Waals surface area contributed by atoms with E-state index in [4.69, 9.17) is 0 Å². The van der Waals surface area contributed by atoms with Gasteiger partial charge in [-0.1, -0.05) is 12.1 Å². The van der Waals surface area contributed by atoms with Crippen molar-refractivity contribution in [2.75, 3.05) is 25.5 Å². The summed E-state index contributed by atoms with van der Waals surface area (Å²) >= 11 is 0. The largest absolute Gasteiger partial charge is 0.382 e. The zero-order valence-electron chi connectivity index (χ0n) is 11.8. The van der Waals surface area contributed by atoms with E-state index in [0.717, 1.165) is 37.2 Å². The molecule has 0 spiro atoms. The number of anilines is 1. The quantitative estimate of drug-likeness (QED) is 0.869. The standard InChI is InChI=1S/C15H23N3O/c1-12(19)18(2)11-13-4-3-5-15(10-13)17-14-6-8-16-9-7-14/h3-5,10,14,16-17H,6-9,11H2,1-2H3. The van der Waals surface area contributed by atoms with Crippen LogP contribution in [-0.2, 0) is 11.3 Å². The van der Waals surface area contributed by atoms with Crippen LogP contribution in [0.5, 0.6) is 0 Å². The number of carbonyl (C=O) groups is 1. The third-order valence-electron chi connectivity index (χ3n) is 3.59. The van der Waals surface area contributed by atoms with Gasteiger partial charge in [0.2, 0.25) is 5.91 Å². The fourth-order valence-corrected chi connectivity index (χ4v) is 2.35. The summed E-state index contributed by atoms with van der Waals surface area (Å²) in [5, 5.41) is 6.95. The molecule has 1 aliphatic heterocycles. The van der Waals surface area contributed by atoms with E-state index >= 15 is 0 Å². The van der Waals surface area contributed by atoms with Crippen molar-refractivity contribution >= 4 is 11.6 Å². The molecule has 2 N–H and O–H groups in total. The molecule has 1 saturated heterocycles. The number of carbonyl (C=O) groups excluding carboxylic acids is 1. The van der Waals surface area contributed by atoms with Gasteiger partial charge < -0.3 is 15.5 Å². The molecular weight excluding hydrogens is 238 g/mol. The molecule has 4 heteroatoms. The van der Waals surface area contributed by atoms with Crippen LogP contribution in [0, 0.1) is 0 Å². The van der Waals surface area contributed by atoms with Crippen LogP contribution in [0.4, 0.5) is 5.69 Å². The van der Waals surface area contributed by atoms with E-state index in [1.165, 1.54) is 0 Å². The predicted octanol–water partition coefficient (Wildman–Crippen LogP) is 1.83. The molecule has 0 aromatic heterocycles. The second-order valence-corrected chi connectivity index (χ2v) is 5.24. The van der Waals surface area contributed by atoms with Gasteiger partial charge in [-0.2, -0.15) is 0 Å². The maximum atomic E-state index is 11.3. The van der Waals surface area contributed by atoms with Crippen LogP contribution < -0.4 is 10.6 Å². The van der Waals surface area contributed by atoms with Gasteiger partial charge >= 0.3 is 0 Å². The molecular formula is C15H23N3O. The maximum Gasteiger partial charge on any atom is 0.219 e. The van der Waals surface area contributed by atoms with Gasteiger partial charge in [0.1, 0.15) is 0 Å². The van der Waals surface area contributed by atoms with Crippen LogP contribution in [0.3, 0.4) is 0 Å². The van der Waals surface area contributed by atoms with E-state index in [-0.39, 0.29) is 5.91 Å². The van der Waals surface area contributed by atoms with Crippen LogP contribution >= 0.6 is 0 Å². The first-order valence-electron chi connectivity index (χ1n) is 6.93. The molecule has 104 valence electrons. The van der Waals surface area contributed by atoms with E-state index in [0.29, 0.717) is 12.6 Å². The molecule has 1 aromatic carbocycles. The molecule has 0 saturated carbocycles. The minimum Gasteiger partial charge on any atom is -0.382 e. The number of hydrogen-bond donors (Lipinski definition) is 2. The van der Waals surface area contributed by atoms with Crippen LogP contribution in [0.2, 0.25) is 0 Å². The highest BCUT2D eigenvalue weighted by molar-refractivity contribution is 5.72. The summed E-state index contributed by atoms with van der Waals surface area (Å²) in [5.41, 5.74) is 2.32. The summed E-state index contributed by atoms with van der Waals surface area (Å²) in [6, 6.07) is 8.91. The lowest BCUT2D eigenvalue weighted by molar-refractivity contribution is -0.128. The van der Waals surface area contributed by atoms with Crippen molar-refractivity contribution in [2.24, 2.45) is 0 Å². The SMILES string of the molecule is CC(=O)N(C)Cc1cccc(NC2CCNCC2)c1. The Kier molecular flexibility index (Phi) is 4.80. The number of nitrogens with one attached hydrogen (secondary N) is 2. The van der Waals surface area contributed by atoms with Crippen LogP contribution in [-0.4, -0.2) is 37.0 Å². The molecule has 2 rings (SSSR count). The molecule has 1 aliphatic rings. The molecule has 0 bridgehead atoms. The summed E-state index contributed by atoms with van der Waals surface area (Å²) < 4.78 is 0. The number of rotatable bonds is 4. The Morgan fingerprint density at radius 1 is 1.42 bits per heavy atom. The highest BCUT2D eigenvalue weighted by Crippen LogP contribution is 2.16. The van der Waals surface area contributed by atoms with Gasteiger partial charge in [0.15, 0.2) is 0 Å². The molecule has 0 unspecified atom stereocenters. The van der Waals surface area contributed by atoms with E-state index in [9.17, 15) is 4.79 Å². The number of amides is 1. The molecule has 19 heavy (non-hydrogen) atoms. The Hall–Kier alpha value is -1.55. The van der Waals surface area contributed by atoms with Crippen molar-refractivity contribution in [3.63, 3.8) is 0 Å². The van der Waals surface area contributed by atoms with Gasteiger partial charge in [-0.25, -0.2) is 0 Å². The Balaban J connectivity index is 1.96. The third kappa shape index (κ3) is 4.24. The molecule has 1 heterocycles. The van der Waals surface area contributed by atoms with E-state index in [1.54, 1.807) is 11.8 Å². The lowest BCUT2D eigenvalue weighted by Crippen LogP contribution is -2.35. The van der Waals surface area contributed by atoms with Crippen molar-refractivity contribution in [3.8, 4) is 0 Å². The Morgan fingerprint density at radius 2 is 2.16 bits per heavy atom. The van der Waals surface area contributed by atoms with Crippen LogP contribution in [0.15, 0.2) is 24.3 Å². The lowest BCUT2D eigenvalue weighted by atomic mass is 10.1. The second-order valence-electron chi connectivity index (χ2n) is 5.24. The second kappa shape index (κ2) is 6.57. The highest BCUT2D eigenvalue weighted by atomic mass is 16.2. The van der Waals surface area contributed by atoms with Crippen molar-refractivity contribution < 1.29 is 4.79 Å². The summed E-state index contributed by atoms with van der Waals surface area (Å²) in [5.74, 6) is 0.0942. The first-order valence-corrected chi connectivity index (χ1v) is 6.93. The fraction of sp³-hybridized carbons (Fsp3) is 0.533. The van der Waals surface area contributed by atoms with Crippen molar-refractivity contribution in [2.45, 2.75) is 32.4 Å². The van der Waals surface area contributed by atoms with Gasteiger partial charge in [-0.3, -0.25) is 4.79 Å². The first-order chi connectivity index (χ1) is 9.15. The van der Waals surface area contributed by atoms with E-state index in [2.05, 4.69) is 28.8 Å². The summed E-state index contributed by atoms with van der Waals surface area (Å²) in [4.78, 5) is 13.0.